The van der Waals surface area contributed by atoms with Gasteiger partial charge in [0.1, 0.15) is 5.75 Å². The van der Waals surface area contributed by atoms with Crippen LogP contribution in [0.1, 0.15) is 37.8 Å². The summed E-state index contributed by atoms with van der Waals surface area (Å²) >= 11 is 0. The summed E-state index contributed by atoms with van der Waals surface area (Å²) in [6.07, 6.45) is 2.99. The van der Waals surface area contributed by atoms with E-state index < -0.39 is 0 Å². The molecule has 1 heterocycles. The summed E-state index contributed by atoms with van der Waals surface area (Å²) < 4.78 is 5.68. The van der Waals surface area contributed by atoms with Crippen molar-refractivity contribution in [2.45, 2.75) is 33.1 Å². The van der Waals surface area contributed by atoms with Crippen molar-refractivity contribution in [3.05, 3.63) is 53.7 Å². The zero-order chi connectivity index (χ0) is 15.7. The molecule has 0 radical (unpaired) electrons. The van der Waals surface area contributed by atoms with E-state index in [9.17, 15) is 0 Å². The molecule has 0 aliphatic heterocycles. The molecule has 0 saturated heterocycles. The van der Waals surface area contributed by atoms with Crippen molar-refractivity contribution in [3.63, 3.8) is 0 Å². The summed E-state index contributed by atoms with van der Waals surface area (Å²) in [5.74, 6) is 1.46. The van der Waals surface area contributed by atoms with E-state index in [4.69, 9.17) is 4.74 Å². The van der Waals surface area contributed by atoms with Gasteiger partial charge in [0, 0.05) is 17.3 Å². The van der Waals surface area contributed by atoms with Crippen LogP contribution in [-0.4, -0.2) is 12.1 Å². The second-order valence-corrected chi connectivity index (χ2v) is 6.04. The summed E-state index contributed by atoms with van der Waals surface area (Å²) in [5.41, 5.74) is 6.28. The smallest absolute Gasteiger partial charge is 0.126 e. The quantitative estimate of drug-likeness (QED) is 0.672. The first kappa shape index (κ1) is 14.7. The van der Waals surface area contributed by atoms with Crippen LogP contribution in [-0.2, 0) is 6.42 Å². The molecule has 0 unspecified atom stereocenters. The first-order chi connectivity index (χ1) is 10.6. The van der Waals surface area contributed by atoms with Gasteiger partial charge in [-0.2, -0.15) is 0 Å². The van der Waals surface area contributed by atoms with Gasteiger partial charge in [-0.1, -0.05) is 32.9 Å². The number of H-pyrrole nitrogens is 1. The van der Waals surface area contributed by atoms with Gasteiger partial charge >= 0.3 is 0 Å². The SMILES string of the molecule is CCc1cc2[nH]ccc2cc1-c1ccc(C(C)C)cc1OC. The van der Waals surface area contributed by atoms with Crippen molar-refractivity contribution in [3.8, 4) is 16.9 Å². The van der Waals surface area contributed by atoms with Crippen molar-refractivity contribution in [1.82, 2.24) is 4.98 Å². The monoisotopic (exact) mass is 293 g/mol. The zero-order valence-corrected chi connectivity index (χ0v) is 13.7. The average molecular weight is 293 g/mol. The molecule has 2 aromatic carbocycles. The number of fused-ring (bicyclic) bond motifs is 1. The van der Waals surface area contributed by atoms with Crippen LogP contribution in [0, 0.1) is 0 Å². The van der Waals surface area contributed by atoms with E-state index in [2.05, 4.69) is 62.2 Å². The van der Waals surface area contributed by atoms with Crippen LogP contribution >= 0.6 is 0 Å². The molecule has 0 atom stereocenters. The fraction of sp³-hybridized carbons (Fsp3) is 0.300. The molecule has 0 bridgehead atoms. The van der Waals surface area contributed by atoms with Crippen LogP contribution in [0.2, 0.25) is 0 Å². The van der Waals surface area contributed by atoms with Gasteiger partial charge in [-0.15, -0.1) is 0 Å². The van der Waals surface area contributed by atoms with Gasteiger partial charge in [0.15, 0.2) is 0 Å². The maximum atomic E-state index is 5.68. The van der Waals surface area contributed by atoms with Crippen LogP contribution in [0.4, 0.5) is 0 Å². The van der Waals surface area contributed by atoms with E-state index >= 15 is 0 Å². The minimum Gasteiger partial charge on any atom is -0.496 e. The molecule has 0 aliphatic carbocycles. The Kier molecular flexibility index (Phi) is 3.93. The molecular formula is C20H23NO. The number of nitrogens with one attached hydrogen (secondary N) is 1. The predicted molar refractivity (Wildman–Crippen MR) is 93.8 cm³/mol. The minimum atomic E-state index is 0.501. The van der Waals surface area contributed by atoms with Crippen molar-refractivity contribution in [2.24, 2.45) is 0 Å². The Morgan fingerprint density at radius 1 is 1.05 bits per heavy atom. The standard InChI is InChI=1S/C20H23NO/c1-5-14-11-19-16(8-9-21-19)10-18(14)17-7-6-15(13(2)3)12-20(17)22-4/h6-13,21H,5H2,1-4H3. The summed E-state index contributed by atoms with van der Waals surface area (Å²) in [6.45, 7) is 6.61. The highest BCUT2D eigenvalue weighted by Crippen LogP contribution is 2.36. The van der Waals surface area contributed by atoms with Crippen molar-refractivity contribution >= 4 is 10.9 Å². The van der Waals surface area contributed by atoms with Gasteiger partial charge in [0.25, 0.3) is 0 Å². The van der Waals surface area contributed by atoms with E-state index in [1.54, 1.807) is 7.11 Å². The summed E-state index contributed by atoms with van der Waals surface area (Å²) in [4.78, 5) is 3.29. The van der Waals surface area contributed by atoms with E-state index in [1.807, 2.05) is 6.20 Å². The van der Waals surface area contributed by atoms with Crippen LogP contribution in [0.3, 0.4) is 0 Å². The number of hydrogen-bond acceptors (Lipinski definition) is 1. The fourth-order valence-electron chi connectivity index (χ4n) is 2.98. The Balaban J connectivity index is 2.21. The van der Waals surface area contributed by atoms with Crippen molar-refractivity contribution in [1.29, 1.82) is 0 Å². The number of aromatic nitrogens is 1. The van der Waals surface area contributed by atoms with Crippen LogP contribution in [0.25, 0.3) is 22.0 Å². The second-order valence-electron chi connectivity index (χ2n) is 6.04. The Morgan fingerprint density at radius 2 is 1.86 bits per heavy atom. The van der Waals surface area contributed by atoms with Gasteiger partial charge in [-0.3, -0.25) is 0 Å². The molecule has 2 heteroatoms. The van der Waals surface area contributed by atoms with E-state index in [0.717, 1.165) is 12.2 Å². The summed E-state index contributed by atoms with van der Waals surface area (Å²) in [6, 6.07) is 13.2. The number of rotatable bonds is 4. The van der Waals surface area contributed by atoms with Gasteiger partial charge in [-0.25, -0.2) is 0 Å². The van der Waals surface area contributed by atoms with Crippen LogP contribution in [0.5, 0.6) is 5.75 Å². The molecule has 114 valence electrons. The molecule has 3 rings (SSSR count). The van der Waals surface area contributed by atoms with Crippen LogP contribution < -0.4 is 4.74 Å². The third-order valence-electron chi connectivity index (χ3n) is 4.34. The maximum absolute atomic E-state index is 5.68. The van der Waals surface area contributed by atoms with Crippen LogP contribution in [0.15, 0.2) is 42.6 Å². The molecule has 0 fully saturated rings. The molecule has 2 nitrogen and oxygen atoms in total. The zero-order valence-electron chi connectivity index (χ0n) is 13.7. The highest BCUT2D eigenvalue weighted by molar-refractivity contribution is 5.88. The topological polar surface area (TPSA) is 25.0 Å². The van der Waals surface area contributed by atoms with Gasteiger partial charge in [0.05, 0.1) is 7.11 Å². The van der Waals surface area contributed by atoms with Crippen molar-refractivity contribution in [2.75, 3.05) is 7.11 Å². The number of aryl methyl sites for hydroxylation is 1. The van der Waals surface area contributed by atoms with Gasteiger partial charge in [-0.05, 0) is 58.7 Å². The Hall–Kier alpha value is -2.22. The third kappa shape index (κ3) is 2.50. The molecule has 0 amide bonds. The van der Waals surface area contributed by atoms with Gasteiger partial charge in [0.2, 0.25) is 0 Å². The minimum absolute atomic E-state index is 0.501. The molecule has 1 N–H and O–H groups in total. The Morgan fingerprint density at radius 3 is 2.55 bits per heavy atom. The maximum Gasteiger partial charge on any atom is 0.126 e. The second kappa shape index (κ2) is 5.88. The highest BCUT2D eigenvalue weighted by atomic mass is 16.5. The summed E-state index contributed by atoms with van der Waals surface area (Å²) in [7, 11) is 1.75. The molecule has 1 aromatic heterocycles. The van der Waals surface area contributed by atoms with E-state index in [1.165, 1.54) is 33.2 Å². The highest BCUT2D eigenvalue weighted by Gasteiger charge is 2.13. The average Bonchev–Trinajstić information content (AvgIpc) is 3.00. The van der Waals surface area contributed by atoms with E-state index in [0.29, 0.717) is 5.92 Å². The first-order valence-electron chi connectivity index (χ1n) is 7.92. The molecule has 0 aliphatic rings. The lowest BCUT2D eigenvalue weighted by Crippen LogP contribution is -1.95. The van der Waals surface area contributed by atoms with E-state index in [-0.39, 0.29) is 0 Å². The summed E-state index contributed by atoms with van der Waals surface area (Å²) in [5, 5.41) is 1.24. The normalized spacial score (nSPS) is 11.3. The lowest BCUT2D eigenvalue weighted by atomic mass is 9.93. The lowest BCUT2D eigenvalue weighted by molar-refractivity contribution is 0.415. The predicted octanol–water partition coefficient (Wildman–Crippen LogP) is 5.53. The largest absolute Gasteiger partial charge is 0.496 e. The fourth-order valence-corrected chi connectivity index (χ4v) is 2.98. The Bertz CT molecular complexity index is 799. The number of ether oxygens (including phenoxy) is 1. The third-order valence-corrected chi connectivity index (χ3v) is 4.34. The van der Waals surface area contributed by atoms with Crippen molar-refractivity contribution < 1.29 is 4.74 Å². The lowest BCUT2D eigenvalue weighted by Gasteiger charge is -2.15. The van der Waals surface area contributed by atoms with Gasteiger partial charge < -0.3 is 9.72 Å². The number of hydrogen-bond donors (Lipinski definition) is 1. The molecule has 22 heavy (non-hydrogen) atoms. The number of aromatic amines is 1. The molecule has 3 aromatic rings. The molecule has 0 spiro atoms. The molecule has 0 saturated carbocycles. The number of benzene rings is 2. The molecular weight excluding hydrogens is 270 g/mol. The Labute approximate surface area is 132 Å². The number of methoxy groups -OCH3 is 1. The first-order valence-corrected chi connectivity index (χ1v) is 7.92.